The van der Waals surface area contributed by atoms with Crippen molar-refractivity contribution in [2.45, 2.75) is 82.5 Å². The van der Waals surface area contributed by atoms with Gasteiger partial charge in [-0.05, 0) is 18.1 Å². The average molecular weight is 357 g/mol. The van der Waals surface area contributed by atoms with E-state index in [-0.39, 0.29) is 17.2 Å². The van der Waals surface area contributed by atoms with E-state index in [4.69, 9.17) is 13.9 Å². The van der Waals surface area contributed by atoms with Gasteiger partial charge in [0.05, 0.1) is 13.2 Å². The van der Waals surface area contributed by atoms with Crippen LogP contribution in [0.2, 0.25) is 37.8 Å². The van der Waals surface area contributed by atoms with Crippen molar-refractivity contribution in [3.8, 4) is 11.5 Å². The molecule has 4 atom stereocenters. The van der Waals surface area contributed by atoms with Gasteiger partial charge in [-0.15, -0.1) is 5.54 Å². The quantitative estimate of drug-likeness (QED) is 0.480. The fourth-order valence-electron chi connectivity index (χ4n) is 2.29. The predicted molar refractivity (Wildman–Crippen MR) is 97.6 cm³/mol. The molecule has 0 saturated carbocycles. The summed E-state index contributed by atoms with van der Waals surface area (Å²) in [6.45, 7) is 18.4. The Bertz CT molecular complexity index is 509. The molecule has 0 bridgehead atoms. The van der Waals surface area contributed by atoms with E-state index in [0.29, 0.717) is 13.2 Å². The number of ether oxygens (including phenoxy) is 2. The third-order valence-corrected chi connectivity index (χ3v) is 10.4. The minimum Gasteiger partial charge on any atom is -0.414 e. The van der Waals surface area contributed by atoms with Gasteiger partial charge in [-0.3, -0.25) is 0 Å². The van der Waals surface area contributed by atoms with E-state index >= 15 is 0 Å². The molecule has 6 heteroatoms. The van der Waals surface area contributed by atoms with Crippen LogP contribution in [-0.2, 0) is 13.9 Å². The van der Waals surface area contributed by atoms with E-state index in [0.717, 1.165) is 0 Å². The Kier molecular flexibility index (Phi) is 4.98. The molecule has 132 valence electrons. The summed E-state index contributed by atoms with van der Waals surface area (Å²) < 4.78 is 17.7. The highest BCUT2D eigenvalue weighted by Crippen LogP contribution is 2.42. The summed E-state index contributed by atoms with van der Waals surface area (Å²) in [7, 11) is -3.47. The minimum absolute atomic E-state index is 0.0138. The van der Waals surface area contributed by atoms with Crippen molar-refractivity contribution in [2.24, 2.45) is 0 Å². The molecule has 0 radical (unpaired) electrons. The summed E-state index contributed by atoms with van der Waals surface area (Å²) in [6.07, 6.45) is -0.683. The number of hydrogen-bond donors (Lipinski definition) is 1. The molecular weight excluding hydrogens is 324 g/mol. The molecule has 0 aromatic heterocycles. The number of epoxide rings is 1. The molecule has 2 aliphatic rings. The fraction of sp³-hybridized carbons (Fsp3) is 0.882. The largest absolute Gasteiger partial charge is 0.414 e. The van der Waals surface area contributed by atoms with Crippen LogP contribution in [0.1, 0.15) is 20.8 Å². The van der Waals surface area contributed by atoms with Gasteiger partial charge in [0.15, 0.2) is 13.9 Å². The Balaban J connectivity index is 2.14. The molecule has 0 unspecified atom stereocenters. The van der Waals surface area contributed by atoms with E-state index in [1.54, 1.807) is 0 Å². The van der Waals surface area contributed by atoms with Crippen molar-refractivity contribution in [1.29, 1.82) is 0 Å². The Morgan fingerprint density at radius 2 is 1.83 bits per heavy atom. The zero-order chi connectivity index (χ0) is 17.7. The molecule has 23 heavy (non-hydrogen) atoms. The third kappa shape index (κ3) is 4.27. The van der Waals surface area contributed by atoms with Crippen LogP contribution in [0.15, 0.2) is 0 Å². The van der Waals surface area contributed by atoms with E-state index in [2.05, 4.69) is 65.0 Å². The van der Waals surface area contributed by atoms with E-state index < -0.39 is 28.1 Å². The lowest BCUT2D eigenvalue weighted by molar-refractivity contribution is -0.114. The zero-order valence-corrected chi connectivity index (χ0v) is 17.8. The predicted octanol–water partition coefficient (Wildman–Crippen LogP) is 2.79. The summed E-state index contributed by atoms with van der Waals surface area (Å²) in [5.74, 6) is 3.11. The highest BCUT2D eigenvalue weighted by molar-refractivity contribution is 6.83. The standard InChI is InChI=1S/C17H32O4Si2/c1-16(2,3)23(7,8)20-12-14-17(18,9-10-22(4,5)6)15-13(21-15)11-19-14/h13-15,18H,11-12H2,1-8H3/t13-,14+,15-,17+/m0/s1. The molecular formula is C17H32O4Si2. The summed E-state index contributed by atoms with van der Waals surface area (Å²) in [6, 6.07) is 0. The lowest BCUT2D eigenvalue weighted by Gasteiger charge is -2.40. The van der Waals surface area contributed by atoms with E-state index in [9.17, 15) is 5.11 Å². The molecule has 0 amide bonds. The molecule has 0 aliphatic carbocycles. The molecule has 0 aromatic carbocycles. The number of fused-ring (bicyclic) bond motifs is 1. The van der Waals surface area contributed by atoms with Crippen molar-refractivity contribution < 1.29 is 19.0 Å². The second-order valence-electron chi connectivity index (χ2n) is 9.31. The van der Waals surface area contributed by atoms with Gasteiger partial charge < -0.3 is 19.0 Å². The third-order valence-electron chi connectivity index (χ3n) is 5.01. The van der Waals surface area contributed by atoms with Gasteiger partial charge in [-0.1, -0.05) is 46.3 Å². The van der Waals surface area contributed by atoms with Crippen molar-refractivity contribution in [3.63, 3.8) is 0 Å². The molecule has 0 spiro atoms. The lowest BCUT2D eigenvalue weighted by atomic mass is 9.90. The van der Waals surface area contributed by atoms with Gasteiger partial charge in [0, 0.05) is 0 Å². The normalized spacial score (nSPS) is 34.4. The SMILES string of the molecule is CC(C)(C)[Si](C)(C)OC[C@H]1OC[C@@H]2O[C@@H]2[C@@]1(O)C#C[Si](C)(C)C. The summed E-state index contributed by atoms with van der Waals surface area (Å²) in [5.41, 5.74) is 2.04. The monoisotopic (exact) mass is 356 g/mol. The van der Waals surface area contributed by atoms with Crippen LogP contribution in [0.4, 0.5) is 0 Å². The smallest absolute Gasteiger partial charge is 0.192 e. The average Bonchev–Trinajstić information content (AvgIpc) is 3.14. The fourth-order valence-corrected chi connectivity index (χ4v) is 3.87. The van der Waals surface area contributed by atoms with Crippen LogP contribution in [0.5, 0.6) is 0 Å². The Hall–Kier alpha value is -0.166. The highest BCUT2D eigenvalue weighted by atomic mass is 28.4. The number of aliphatic hydroxyl groups is 1. The van der Waals surface area contributed by atoms with Crippen molar-refractivity contribution >= 4 is 16.4 Å². The lowest BCUT2D eigenvalue weighted by Crippen LogP contribution is -2.56. The van der Waals surface area contributed by atoms with Crippen LogP contribution in [0.3, 0.4) is 0 Å². The maximum atomic E-state index is 11.1. The van der Waals surface area contributed by atoms with Crippen LogP contribution in [0.25, 0.3) is 0 Å². The maximum absolute atomic E-state index is 11.1. The van der Waals surface area contributed by atoms with Crippen LogP contribution >= 0.6 is 0 Å². The highest BCUT2D eigenvalue weighted by Gasteiger charge is 2.62. The molecule has 1 N–H and O–H groups in total. The van der Waals surface area contributed by atoms with Gasteiger partial charge in [0.1, 0.15) is 26.4 Å². The number of hydrogen-bond acceptors (Lipinski definition) is 4. The van der Waals surface area contributed by atoms with Crippen molar-refractivity contribution in [3.05, 3.63) is 0 Å². The minimum atomic E-state index is -1.89. The summed E-state index contributed by atoms with van der Waals surface area (Å²) in [4.78, 5) is 0. The van der Waals surface area contributed by atoms with E-state index in [1.165, 1.54) is 0 Å². The first-order valence-corrected chi connectivity index (χ1v) is 14.8. The van der Waals surface area contributed by atoms with Gasteiger partial charge in [-0.2, -0.15) is 0 Å². The molecule has 2 saturated heterocycles. The molecule has 2 heterocycles. The van der Waals surface area contributed by atoms with Gasteiger partial charge in [0.2, 0.25) is 0 Å². The summed E-state index contributed by atoms with van der Waals surface area (Å²) >= 11 is 0. The van der Waals surface area contributed by atoms with Gasteiger partial charge in [-0.25, -0.2) is 0 Å². The van der Waals surface area contributed by atoms with Crippen LogP contribution in [-0.4, -0.2) is 58.6 Å². The molecule has 2 aliphatic heterocycles. The molecule has 4 nitrogen and oxygen atoms in total. The molecule has 2 fully saturated rings. The first-order valence-electron chi connectivity index (χ1n) is 8.44. The maximum Gasteiger partial charge on any atom is 0.192 e. The Labute approximate surface area is 143 Å². The van der Waals surface area contributed by atoms with Gasteiger partial charge >= 0.3 is 0 Å². The first-order chi connectivity index (χ1) is 10.3. The first kappa shape index (κ1) is 19.2. The Morgan fingerprint density at radius 3 is 2.35 bits per heavy atom. The summed E-state index contributed by atoms with van der Waals surface area (Å²) in [5, 5.41) is 11.3. The second kappa shape index (κ2) is 5.97. The number of rotatable bonds is 3. The Morgan fingerprint density at radius 1 is 1.22 bits per heavy atom. The second-order valence-corrected chi connectivity index (χ2v) is 18.9. The topological polar surface area (TPSA) is 51.2 Å². The van der Waals surface area contributed by atoms with Gasteiger partial charge in [0.25, 0.3) is 0 Å². The molecule has 2 rings (SSSR count). The van der Waals surface area contributed by atoms with E-state index in [1.807, 2.05) is 0 Å². The zero-order valence-electron chi connectivity index (χ0n) is 15.8. The van der Waals surface area contributed by atoms with Crippen molar-refractivity contribution in [1.82, 2.24) is 0 Å². The van der Waals surface area contributed by atoms with Crippen LogP contribution in [0, 0.1) is 11.5 Å². The van der Waals surface area contributed by atoms with Crippen LogP contribution < -0.4 is 0 Å². The van der Waals surface area contributed by atoms with Crippen molar-refractivity contribution in [2.75, 3.05) is 13.2 Å². The molecule has 0 aromatic rings.